The van der Waals surface area contributed by atoms with Gasteiger partial charge in [0.25, 0.3) is 0 Å². The van der Waals surface area contributed by atoms with E-state index in [9.17, 15) is 0 Å². The van der Waals surface area contributed by atoms with E-state index in [4.69, 9.17) is 22.8 Å². The number of terminal acetylenes is 1. The molecule has 0 heterocycles. The number of ether oxygens (including phenoxy) is 1. The lowest BCUT2D eigenvalue weighted by atomic mass is 10.0. The number of hydrogen-bond acceptors (Lipinski definition) is 1. The van der Waals surface area contributed by atoms with Crippen molar-refractivity contribution in [3.63, 3.8) is 0 Å². The molecule has 0 atom stereocenters. The van der Waals surface area contributed by atoms with Gasteiger partial charge in [0.15, 0.2) is 0 Å². The van der Waals surface area contributed by atoms with Gasteiger partial charge in [-0.2, -0.15) is 0 Å². The Morgan fingerprint density at radius 2 is 1.94 bits per heavy atom. The fraction of sp³-hybridized carbons (Fsp3) is 0.0667. The van der Waals surface area contributed by atoms with Gasteiger partial charge in [-0.1, -0.05) is 47.9 Å². The monoisotopic (exact) mass is 242 g/mol. The van der Waals surface area contributed by atoms with E-state index in [1.54, 1.807) is 0 Å². The molecule has 0 saturated carbocycles. The Labute approximate surface area is 106 Å². The summed E-state index contributed by atoms with van der Waals surface area (Å²) in [6.07, 6.45) is 5.19. The van der Waals surface area contributed by atoms with Gasteiger partial charge in [-0.05, 0) is 23.8 Å². The maximum absolute atomic E-state index is 5.98. The van der Waals surface area contributed by atoms with Crippen molar-refractivity contribution >= 4 is 11.6 Å². The molecule has 0 saturated heterocycles. The number of rotatable bonds is 3. The first-order valence-corrected chi connectivity index (χ1v) is 5.60. The van der Waals surface area contributed by atoms with Crippen LogP contribution in [-0.2, 0) is 0 Å². The summed E-state index contributed by atoms with van der Waals surface area (Å²) in [6.45, 7) is 0.261. The van der Waals surface area contributed by atoms with E-state index in [2.05, 4.69) is 5.92 Å². The topological polar surface area (TPSA) is 9.23 Å². The Bertz CT molecular complexity index is 555. The molecule has 0 spiro atoms. The van der Waals surface area contributed by atoms with Gasteiger partial charge in [0.2, 0.25) is 0 Å². The Morgan fingerprint density at radius 1 is 1.12 bits per heavy atom. The number of halogens is 1. The third-order valence-corrected chi connectivity index (χ3v) is 2.57. The molecule has 0 bridgehead atoms. The van der Waals surface area contributed by atoms with Gasteiger partial charge < -0.3 is 4.74 Å². The van der Waals surface area contributed by atoms with E-state index in [1.165, 1.54) is 0 Å². The predicted octanol–water partition coefficient (Wildman–Crippen LogP) is 4.02. The van der Waals surface area contributed by atoms with E-state index in [1.807, 2.05) is 48.5 Å². The first-order chi connectivity index (χ1) is 8.31. The van der Waals surface area contributed by atoms with Crippen LogP contribution in [0, 0.1) is 12.3 Å². The summed E-state index contributed by atoms with van der Waals surface area (Å²) >= 11 is 5.98. The zero-order chi connectivity index (χ0) is 12.1. The van der Waals surface area contributed by atoms with Crippen molar-refractivity contribution < 1.29 is 4.74 Å². The molecule has 0 radical (unpaired) electrons. The summed E-state index contributed by atoms with van der Waals surface area (Å²) in [5.41, 5.74) is 2.01. The molecular weight excluding hydrogens is 232 g/mol. The van der Waals surface area contributed by atoms with Gasteiger partial charge >= 0.3 is 0 Å². The third kappa shape index (κ3) is 2.81. The third-order valence-electron chi connectivity index (χ3n) is 2.33. The highest BCUT2D eigenvalue weighted by Crippen LogP contribution is 2.31. The van der Waals surface area contributed by atoms with E-state index >= 15 is 0 Å². The molecular formula is C15H11ClO. The van der Waals surface area contributed by atoms with Gasteiger partial charge in [0, 0.05) is 10.6 Å². The summed E-state index contributed by atoms with van der Waals surface area (Å²) in [4.78, 5) is 0. The van der Waals surface area contributed by atoms with Crippen LogP contribution in [0.5, 0.6) is 5.75 Å². The lowest BCUT2D eigenvalue weighted by Gasteiger charge is -2.09. The zero-order valence-corrected chi connectivity index (χ0v) is 9.95. The van der Waals surface area contributed by atoms with Gasteiger partial charge in [-0.3, -0.25) is 0 Å². The predicted molar refractivity (Wildman–Crippen MR) is 71.2 cm³/mol. The molecule has 0 aliphatic rings. The summed E-state index contributed by atoms with van der Waals surface area (Å²) in [5.74, 6) is 3.23. The molecule has 0 fully saturated rings. The molecule has 0 aromatic heterocycles. The molecule has 84 valence electrons. The highest BCUT2D eigenvalue weighted by molar-refractivity contribution is 6.30. The van der Waals surface area contributed by atoms with Crippen LogP contribution in [-0.4, -0.2) is 6.61 Å². The van der Waals surface area contributed by atoms with Crippen molar-refractivity contribution in [3.05, 3.63) is 53.6 Å². The molecule has 0 N–H and O–H groups in total. The number of para-hydroxylation sites is 1. The molecule has 17 heavy (non-hydrogen) atoms. The number of benzene rings is 2. The van der Waals surface area contributed by atoms with Crippen LogP contribution < -0.4 is 4.74 Å². The fourth-order valence-corrected chi connectivity index (χ4v) is 1.80. The van der Waals surface area contributed by atoms with Crippen molar-refractivity contribution in [2.24, 2.45) is 0 Å². The van der Waals surface area contributed by atoms with Crippen molar-refractivity contribution in [2.75, 3.05) is 6.61 Å². The first-order valence-electron chi connectivity index (χ1n) is 5.22. The molecule has 1 nitrogen and oxygen atoms in total. The SMILES string of the molecule is C#CCOc1ccccc1-c1cccc(Cl)c1. The Balaban J connectivity index is 2.41. The van der Waals surface area contributed by atoms with Crippen LogP contribution >= 0.6 is 11.6 Å². The van der Waals surface area contributed by atoms with Crippen LogP contribution in [0.15, 0.2) is 48.5 Å². The van der Waals surface area contributed by atoms with Crippen molar-refractivity contribution in [1.82, 2.24) is 0 Å². The Morgan fingerprint density at radius 3 is 2.71 bits per heavy atom. The van der Waals surface area contributed by atoms with Crippen molar-refractivity contribution in [2.45, 2.75) is 0 Å². The Hall–Kier alpha value is -1.91. The zero-order valence-electron chi connectivity index (χ0n) is 9.19. The highest BCUT2D eigenvalue weighted by Gasteiger charge is 2.05. The minimum atomic E-state index is 0.261. The van der Waals surface area contributed by atoms with Gasteiger partial charge in [-0.25, -0.2) is 0 Å². The second-order valence-electron chi connectivity index (χ2n) is 3.50. The van der Waals surface area contributed by atoms with Crippen LogP contribution in [0.25, 0.3) is 11.1 Å². The summed E-state index contributed by atoms with van der Waals surface area (Å²) < 4.78 is 5.50. The van der Waals surface area contributed by atoms with Crippen LogP contribution in [0.1, 0.15) is 0 Å². The maximum atomic E-state index is 5.98. The molecule has 2 aromatic carbocycles. The lowest BCUT2D eigenvalue weighted by Crippen LogP contribution is -1.95. The molecule has 0 aliphatic heterocycles. The van der Waals surface area contributed by atoms with Crippen molar-refractivity contribution in [3.8, 4) is 29.2 Å². The average molecular weight is 243 g/mol. The fourth-order valence-electron chi connectivity index (χ4n) is 1.61. The van der Waals surface area contributed by atoms with Gasteiger partial charge in [0.1, 0.15) is 12.4 Å². The minimum absolute atomic E-state index is 0.261. The molecule has 2 heteroatoms. The van der Waals surface area contributed by atoms with E-state index in [0.29, 0.717) is 5.02 Å². The lowest BCUT2D eigenvalue weighted by molar-refractivity contribution is 0.372. The normalized spacial score (nSPS) is 9.65. The molecule has 0 amide bonds. The quantitative estimate of drug-likeness (QED) is 0.739. The van der Waals surface area contributed by atoms with Crippen molar-refractivity contribution in [1.29, 1.82) is 0 Å². The summed E-state index contributed by atoms with van der Waals surface area (Å²) in [5, 5.41) is 0.703. The van der Waals surface area contributed by atoms with Crippen LogP contribution in [0.4, 0.5) is 0 Å². The average Bonchev–Trinajstić information content (AvgIpc) is 2.37. The van der Waals surface area contributed by atoms with Crippen LogP contribution in [0.2, 0.25) is 5.02 Å². The second kappa shape index (κ2) is 5.43. The first kappa shape index (κ1) is 11.6. The van der Waals surface area contributed by atoms with E-state index in [-0.39, 0.29) is 6.61 Å². The molecule has 0 aliphatic carbocycles. The highest BCUT2D eigenvalue weighted by atomic mass is 35.5. The molecule has 2 rings (SSSR count). The summed E-state index contributed by atoms with van der Waals surface area (Å²) in [6, 6.07) is 15.4. The van der Waals surface area contributed by atoms with E-state index in [0.717, 1.165) is 16.9 Å². The standard InChI is InChI=1S/C15H11ClO/c1-2-10-17-15-9-4-3-8-14(15)12-6-5-7-13(16)11-12/h1,3-9,11H,10H2. The number of hydrogen-bond donors (Lipinski definition) is 0. The second-order valence-corrected chi connectivity index (χ2v) is 3.94. The maximum Gasteiger partial charge on any atom is 0.148 e. The molecule has 0 unspecified atom stereocenters. The smallest absolute Gasteiger partial charge is 0.148 e. The largest absolute Gasteiger partial charge is 0.480 e. The van der Waals surface area contributed by atoms with Gasteiger partial charge in [0.05, 0.1) is 0 Å². The molecule has 2 aromatic rings. The Kier molecular flexibility index (Phi) is 3.69. The van der Waals surface area contributed by atoms with Gasteiger partial charge in [-0.15, -0.1) is 6.42 Å². The minimum Gasteiger partial charge on any atom is -0.480 e. The summed E-state index contributed by atoms with van der Waals surface area (Å²) in [7, 11) is 0. The van der Waals surface area contributed by atoms with Crippen LogP contribution in [0.3, 0.4) is 0 Å². The van der Waals surface area contributed by atoms with E-state index < -0.39 is 0 Å².